The SMILES string of the molecule is O=C(O)c1cnc(C(=O)O)nc1. The first-order valence-electron chi connectivity index (χ1n) is 2.90. The highest BCUT2D eigenvalue weighted by Gasteiger charge is 2.08. The van der Waals surface area contributed by atoms with Crippen molar-refractivity contribution in [1.82, 2.24) is 9.97 Å². The summed E-state index contributed by atoms with van der Waals surface area (Å²) in [5, 5.41) is 16.7. The minimum absolute atomic E-state index is 0.139. The quantitative estimate of drug-likeness (QED) is 0.638. The minimum Gasteiger partial charge on any atom is -0.478 e. The first kappa shape index (κ1) is 8.12. The highest BCUT2D eigenvalue weighted by atomic mass is 16.4. The van der Waals surface area contributed by atoms with Crippen LogP contribution in [0.3, 0.4) is 0 Å². The van der Waals surface area contributed by atoms with E-state index in [1.165, 1.54) is 0 Å². The lowest BCUT2D eigenvalue weighted by molar-refractivity contribution is 0.0669. The highest BCUT2D eigenvalue weighted by Crippen LogP contribution is 1.95. The smallest absolute Gasteiger partial charge is 0.373 e. The predicted octanol–water partition coefficient (Wildman–Crippen LogP) is -0.127. The van der Waals surface area contributed by atoms with Crippen LogP contribution in [0.1, 0.15) is 21.0 Å². The third-order valence-corrected chi connectivity index (χ3v) is 1.09. The Bertz CT molecular complexity index is 286. The Morgan fingerprint density at radius 1 is 1.08 bits per heavy atom. The van der Waals surface area contributed by atoms with E-state index in [9.17, 15) is 9.59 Å². The van der Waals surface area contributed by atoms with Gasteiger partial charge in [0.2, 0.25) is 5.82 Å². The number of aromatic nitrogens is 2. The average Bonchev–Trinajstić information content (AvgIpc) is 2.04. The van der Waals surface area contributed by atoms with Gasteiger partial charge in [-0.25, -0.2) is 19.6 Å². The van der Waals surface area contributed by atoms with Crippen molar-refractivity contribution in [2.45, 2.75) is 0 Å². The van der Waals surface area contributed by atoms with Gasteiger partial charge in [-0.1, -0.05) is 0 Å². The van der Waals surface area contributed by atoms with E-state index >= 15 is 0 Å². The second-order valence-electron chi connectivity index (χ2n) is 1.91. The predicted molar refractivity (Wildman–Crippen MR) is 36.0 cm³/mol. The summed E-state index contributed by atoms with van der Waals surface area (Å²) in [6.45, 7) is 0. The molecule has 0 aliphatic heterocycles. The van der Waals surface area contributed by atoms with Gasteiger partial charge in [0.25, 0.3) is 0 Å². The first-order chi connectivity index (χ1) is 5.61. The lowest BCUT2D eigenvalue weighted by Crippen LogP contribution is -2.06. The van der Waals surface area contributed by atoms with Crippen LogP contribution >= 0.6 is 0 Å². The molecule has 0 atom stereocenters. The molecule has 0 aliphatic carbocycles. The maximum atomic E-state index is 10.3. The van der Waals surface area contributed by atoms with Gasteiger partial charge < -0.3 is 10.2 Å². The van der Waals surface area contributed by atoms with Crippen LogP contribution in [0.4, 0.5) is 0 Å². The van der Waals surface area contributed by atoms with Gasteiger partial charge in [-0.3, -0.25) is 0 Å². The molecule has 62 valence electrons. The number of rotatable bonds is 2. The Morgan fingerprint density at radius 2 is 1.58 bits per heavy atom. The summed E-state index contributed by atoms with van der Waals surface area (Å²) >= 11 is 0. The highest BCUT2D eigenvalue weighted by molar-refractivity contribution is 5.88. The van der Waals surface area contributed by atoms with Crippen LogP contribution in [-0.4, -0.2) is 32.1 Å². The zero-order valence-corrected chi connectivity index (χ0v) is 5.76. The van der Waals surface area contributed by atoms with Crippen molar-refractivity contribution in [2.75, 3.05) is 0 Å². The third kappa shape index (κ3) is 1.54. The number of carboxylic acid groups (broad SMARTS) is 2. The maximum Gasteiger partial charge on any atom is 0.373 e. The van der Waals surface area contributed by atoms with Gasteiger partial charge in [0.15, 0.2) is 0 Å². The van der Waals surface area contributed by atoms with Gasteiger partial charge in [0, 0.05) is 12.4 Å². The Morgan fingerprint density at radius 3 is 1.92 bits per heavy atom. The summed E-state index contributed by atoms with van der Waals surface area (Å²) in [6.07, 6.45) is 1.89. The number of carbonyl (C=O) groups is 2. The zero-order valence-electron chi connectivity index (χ0n) is 5.76. The molecule has 1 aromatic heterocycles. The molecule has 0 saturated carbocycles. The normalized spacial score (nSPS) is 9.33. The average molecular weight is 168 g/mol. The molecule has 0 saturated heterocycles. The fourth-order valence-corrected chi connectivity index (χ4v) is 0.549. The van der Waals surface area contributed by atoms with E-state index in [4.69, 9.17) is 10.2 Å². The molecule has 1 rings (SSSR count). The van der Waals surface area contributed by atoms with E-state index in [1.807, 2.05) is 0 Å². The Balaban J connectivity index is 3.01. The number of hydrogen-bond donors (Lipinski definition) is 2. The van der Waals surface area contributed by atoms with Crippen LogP contribution < -0.4 is 0 Å². The van der Waals surface area contributed by atoms with E-state index in [2.05, 4.69) is 9.97 Å². The van der Waals surface area contributed by atoms with Gasteiger partial charge in [-0.2, -0.15) is 0 Å². The number of nitrogens with zero attached hydrogens (tertiary/aromatic N) is 2. The lowest BCUT2D eigenvalue weighted by Gasteiger charge is -1.92. The number of hydrogen-bond acceptors (Lipinski definition) is 4. The molecule has 0 spiro atoms. The van der Waals surface area contributed by atoms with E-state index in [0.29, 0.717) is 0 Å². The molecule has 1 aromatic rings. The molecule has 0 fully saturated rings. The lowest BCUT2D eigenvalue weighted by atomic mass is 10.3. The number of aromatic carboxylic acids is 2. The van der Waals surface area contributed by atoms with Crippen LogP contribution in [-0.2, 0) is 0 Å². The minimum atomic E-state index is -1.29. The fraction of sp³-hybridized carbons (Fsp3) is 0. The Hall–Kier alpha value is -1.98. The molecule has 6 nitrogen and oxygen atoms in total. The Kier molecular flexibility index (Phi) is 2.00. The third-order valence-electron chi connectivity index (χ3n) is 1.09. The van der Waals surface area contributed by atoms with E-state index in [-0.39, 0.29) is 5.56 Å². The van der Waals surface area contributed by atoms with Crippen LogP contribution in [0.15, 0.2) is 12.4 Å². The van der Waals surface area contributed by atoms with E-state index in [1.54, 1.807) is 0 Å². The topological polar surface area (TPSA) is 100 Å². The second kappa shape index (κ2) is 2.95. The number of carboxylic acids is 2. The molecule has 0 aliphatic rings. The van der Waals surface area contributed by atoms with Gasteiger partial charge >= 0.3 is 11.9 Å². The fourth-order valence-electron chi connectivity index (χ4n) is 0.549. The summed E-state index contributed by atoms with van der Waals surface area (Å²) in [4.78, 5) is 27.1. The van der Waals surface area contributed by atoms with Crippen molar-refractivity contribution in [2.24, 2.45) is 0 Å². The van der Waals surface area contributed by atoms with Crippen molar-refractivity contribution in [1.29, 1.82) is 0 Å². The van der Waals surface area contributed by atoms with Crippen LogP contribution in [0.5, 0.6) is 0 Å². The second-order valence-corrected chi connectivity index (χ2v) is 1.91. The molecule has 12 heavy (non-hydrogen) atoms. The van der Waals surface area contributed by atoms with Gasteiger partial charge in [0.1, 0.15) is 0 Å². The van der Waals surface area contributed by atoms with E-state index in [0.717, 1.165) is 12.4 Å². The van der Waals surface area contributed by atoms with Crippen LogP contribution in [0.2, 0.25) is 0 Å². The molecule has 0 aromatic carbocycles. The monoisotopic (exact) mass is 168 g/mol. The molecular weight excluding hydrogens is 164 g/mol. The molecular formula is C6H4N2O4. The molecule has 0 unspecified atom stereocenters. The molecule has 1 heterocycles. The van der Waals surface area contributed by atoms with Crippen molar-refractivity contribution in [3.63, 3.8) is 0 Å². The van der Waals surface area contributed by atoms with E-state index < -0.39 is 17.8 Å². The summed E-state index contributed by atoms with van der Waals surface area (Å²) in [6, 6.07) is 0. The molecule has 0 bridgehead atoms. The van der Waals surface area contributed by atoms with Crippen LogP contribution in [0, 0.1) is 0 Å². The summed E-state index contributed by atoms with van der Waals surface area (Å²) in [5.74, 6) is -2.89. The van der Waals surface area contributed by atoms with Crippen molar-refractivity contribution >= 4 is 11.9 Å². The standard InChI is InChI=1S/C6H4N2O4/c9-5(10)3-1-7-4(6(11)12)8-2-3/h1-2H,(H,9,10)(H,11,12). The van der Waals surface area contributed by atoms with Gasteiger partial charge in [-0.15, -0.1) is 0 Å². The maximum absolute atomic E-state index is 10.3. The van der Waals surface area contributed by atoms with Gasteiger partial charge in [-0.05, 0) is 0 Å². The van der Waals surface area contributed by atoms with Crippen LogP contribution in [0.25, 0.3) is 0 Å². The zero-order chi connectivity index (χ0) is 9.14. The first-order valence-corrected chi connectivity index (χ1v) is 2.90. The summed E-state index contributed by atoms with van der Waals surface area (Å²) in [7, 11) is 0. The Labute approximate surface area is 66.5 Å². The largest absolute Gasteiger partial charge is 0.478 e. The van der Waals surface area contributed by atoms with Crippen molar-refractivity contribution < 1.29 is 19.8 Å². The van der Waals surface area contributed by atoms with Crippen molar-refractivity contribution in [3.8, 4) is 0 Å². The molecule has 2 N–H and O–H groups in total. The van der Waals surface area contributed by atoms with Gasteiger partial charge in [0.05, 0.1) is 5.56 Å². The summed E-state index contributed by atoms with van der Waals surface area (Å²) < 4.78 is 0. The summed E-state index contributed by atoms with van der Waals surface area (Å²) in [5.41, 5.74) is -0.139. The van der Waals surface area contributed by atoms with Crippen molar-refractivity contribution in [3.05, 3.63) is 23.8 Å². The molecule has 0 amide bonds. The molecule has 6 heteroatoms. The molecule has 0 radical (unpaired) electrons.